The summed E-state index contributed by atoms with van der Waals surface area (Å²) >= 11 is 0. The molecule has 21 heavy (non-hydrogen) atoms. The van der Waals surface area contributed by atoms with Gasteiger partial charge < -0.3 is 11.1 Å². The predicted molar refractivity (Wildman–Crippen MR) is 77.8 cm³/mol. The second-order valence-electron chi connectivity index (χ2n) is 5.57. The minimum atomic E-state index is -0.646. The van der Waals surface area contributed by atoms with Crippen molar-refractivity contribution in [3.05, 3.63) is 29.8 Å². The fourth-order valence-corrected chi connectivity index (χ4v) is 2.78. The molecule has 0 bridgehead atoms. The number of carbonyl (C=O) groups is 1. The van der Waals surface area contributed by atoms with Crippen molar-refractivity contribution < 1.29 is 13.6 Å². The van der Waals surface area contributed by atoms with E-state index in [0.29, 0.717) is 0 Å². The van der Waals surface area contributed by atoms with E-state index in [1.165, 1.54) is 0 Å². The number of amides is 1. The van der Waals surface area contributed by atoms with Crippen LogP contribution in [0.15, 0.2) is 18.2 Å². The van der Waals surface area contributed by atoms with Crippen molar-refractivity contribution in [1.29, 1.82) is 0 Å². The average Bonchev–Trinajstić information content (AvgIpc) is 2.43. The number of benzene rings is 1. The zero-order valence-corrected chi connectivity index (χ0v) is 12.1. The van der Waals surface area contributed by atoms with Crippen LogP contribution < -0.4 is 11.1 Å². The van der Waals surface area contributed by atoms with Gasteiger partial charge in [0.15, 0.2) is 0 Å². The highest BCUT2D eigenvalue weighted by atomic mass is 19.1. The molecule has 2 atom stereocenters. The molecular weight excluding hydrogens is 276 g/mol. The number of likely N-dealkylation sites (tertiary alicyclic amines) is 1. The zero-order chi connectivity index (χ0) is 15.4. The third-order valence-electron chi connectivity index (χ3n) is 3.82. The molecule has 1 aliphatic heterocycles. The van der Waals surface area contributed by atoms with E-state index < -0.39 is 11.6 Å². The van der Waals surface area contributed by atoms with Crippen molar-refractivity contribution in [2.45, 2.75) is 38.3 Å². The summed E-state index contributed by atoms with van der Waals surface area (Å²) in [6.07, 6.45) is 3.08. The molecule has 1 fully saturated rings. The molecule has 116 valence electrons. The quantitative estimate of drug-likeness (QED) is 0.895. The van der Waals surface area contributed by atoms with Gasteiger partial charge in [-0.05, 0) is 38.4 Å². The number of hydrogen-bond acceptors (Lipinski definition) is 3. The second kappa shape index (κ2) is 6.95. The van der Waals surface area contributed by atoms with Gasteiger partial charge in [-0.25, -0.2) is 8.78 Å². The van der Waals surface area contributed by atoms with E-state index in [4.69, 9.17) is 5.73 Å². The van der Waals surface area contributed by atoms with Crippen LogP contribution in [0.2, 0.25) is 0 Å². The van der Waals surface area contributed by atoms with E-state index in [1.807, 2.05) is 11.8 Å². The van der Waals surface area contributed by atoms with Gasteiger partial charge in [0.05, 0.1) is 12.2 Å². The number of carbonyl (C=O) groups excluding carboxylic acids is 1. The van der Waals surface area contributed by atoms with Gasteiger partial charge in [0, 0.05) is 18.2 Å². The Labute approximate surface area is 123 Å². The average molecular weight is 297 g/mol. The van der Waals surface area contributed by atoms with E-state index in [2.05, 4.69) is 5.32 Å². The summed E-state index contributed by atoms with van der Waals surface area (Å²) in [5, 5.41) is 2.42. The highest BCUT2D eigenvalue weighted by molar-refractivity contribution is 5.92. The SMILES string of the molecule is CC(N)C1CCCCN1CC(=O)Nc1cc(F)ccc1F. The van der Waals surface area contributed by atoms with Crippen LogP contribution in [0.3, 0.4) is 0 Å². The Morgan fingerprint density at radius 3 is 2.95 bits per heavy atom. The molecule has 1 saturated heterocycles. The van der Waals surface area contributed by atoms with Crippen molar-refractivity contribution in [1.82, 2.24) is 4.90 Å². The number of rotatable bonds is 4. The number of nitrogens with zero attached hydrogens (tertiary/aromatic N) is 1. The molecule has 2 rings (SSSR count). The van der Waals surface area contributed by atoms with Crippen molar-refractivity contribution >= 4 is 11.6 Å². The molecule has 0 saturated carbocycles. The summed E-state index contributed by atoms with van der Waals surface area (Å²) in [6.45, 7) is 2.86. The van der Waals surface area contributed by atoms with Gasteiger partial charge in [0.1, 0.15) is 11.6 Å². The molecule has 0 aliphatic carbocycles. The van der Waals surface area contributed by atoms with Crippen LogP contribution >= 0.6 is 0 Å². The Morgan fingerprint density at radius 2 is 2.24 bits per heavy atom. The molecule has 4 nitrogen and oxygen atoms in total. The zero-order valence-electron chi connectivity index (χ0n) is 12.1. The van der Waals surface area contributed by atoms with Crippen molar-refractivity contribution in [2.75, 3.05) is 18.4 Å². The van der Waals surface area contributed by atoms with E-state index >= 15 is 0 Å². The smallest absolute Gasteiger partial charge is 0.238 e. The largest absolute Gasteiger partial charge is 0.327 e. The van der Waals surface area contributed by atoms with Crippen LogP contribution in [0.4, 0.5) is 14.5 Å². The summed E-state index contributed by atoms with van der Waals surface area (Å²) in [4.78, 5) is 14.0. The van der Waals surface area contributed by atoms with Gasteiger partial charge in [0.2, 0.25) is 5.91 Å². The number of nitrogens with two attached hydrogens (primary N) is 1. The van der Waals surface area contributed by atoms with Gasteiger partial charge in [-0.15, -0.1) is 0 Å². The van der Waals surface area contributed by atoms with E-state index in [1.54, 1.807) is 0 Å². The summed E-state index contributed by atoms with van der Waals surface area (Å²) < 4.78 is 26.6. The highest BCUT2D eigenvalue weighted by Gasteiger charge is 2.27. The number of piperidine rings is 1. The highest BCUT2D eigenvalue weighted by Crippen LogP contribution is 2.19. The van der Waals surface area contributed by atoms with Gasteiger partial charge in [0.25, 0.3) is 0 Å². The third-order valence-corrected chi connectivity index (χ3v) is 3.82. The fraction of sp³-hybridized carbons (Fsp3) is 0.533. The Kier molecular flexibility index (Phi) is 5.25. The monoisotopic (exact) mass is 297 g/mol. The Bertz CT molecular complexity index is 508. The van der Waals surface area contributed by atoms with Crippen molar-refractivity contribution in [3.8, 4) is 0 Å². The van der Waals surface area contributed by atoms with Crippen molar-refractivity contribution in [2.24, 2.45) is 5.73 Å². The van der Waals surface area contributed by atoms with Crippen LogP contribution in [0.25, 0.3) is 0 Å². The van der Waals surface area contributed by atoms with E-state index in [0.717, 1.165) is 44.0 Å². The number of nitrogens with one attached hydrogen (secondary N) is 1. The molecule has 1 aromatic carbocycles. The Hall–Kier alpha value is -1.53. The molecule has 1 amide bonds. The molecule has 1 aliphatic rings. The predicted octanol–water partition coefficient (Wildman–Crippen LogP) is 2.10. The van der Waals surface area contributed by atoms with Gasteiger partial charge in [-0.3, -0.25) is 9.69 Å². The van der Waals surface area contributed by atoms with Gasteiger partial charge >= 0.3 is 0 Å². The second-order valence-corrected chi connectivity index (χ2v) is 5.57. The maximum absolute atomic E-state index is 13.5. The van der Waals surface area contributed by atoms with Crippen LogP contribution in [-0.4, -0.2) is 36.0 Å². The van der Waals surface area contributed by atoms with Crippen LogP contribution in [0.5, 0.6) is 0 Å². The fourth-order valence-electron chi connectivity index (χ4n) is 2.78. The van der Waals surface area contributed by atoms with E-state index in [9.17, 15) is 13.6 Å². The minimum absolute atomic E-state index is 0.0241. The van der Waals surface area contributed by atoms with Crippen LogP contribution in [0, 0.1) is 11.6 Å². The van der Waals surface area contributed by atoms with Gasteiger partial charge in [-0.1, -0.05) is 6.42 Å². The summed E-state index contributed by atoms with van der Waals surface area (Å²) in [7, 11) is 0. The molecule has 0 aromatic heterocycles. The molecule has 1 heterocycles. The number of hydrogen-bond donors (Lipinski definition) is 2. The lowest BCUT2D eigenvalue weighted by molar-refractivity contribution is -0.118. The first-order chi connectivity index (χ1) is 9.97. The topological polar surface area (TPSA) is 58.4 Å². The minimum Gasteiger partial charge on any atom is -0.327 e. The first-order valence-electron chi connectivity index (χ1n) is 7.22. The maximum Gasteiger partial charge on any atom is 0.238 e. The first kappa shape index (κ1) is 15.9. The first-order valence-corrected chi connectivity index (χ1v) is 7.22. The van der Waals surface area contributed by atoms with Crippen molar-refractivity contribution in [3.63, 3.8) is 0 Å². The number of anilines is 1. The van der Waals surface area contributed by atoms with E-state index in [-0.39, 0.29) is 30.2 Å². The summed E-state index contributed by atoms with van der Waals surface area (Å²) in [5.74, 6) is -1.59. The van der Waals surface area contributed by atoms with Crippen LogP contribution in [0.1, 0.15) is 26.2 Å². The summed E-state index contributed by atoms with van der Waals surface area (Å²) in [5.41, 5.74) is 5.82. The Morgan fingerprint density at radius 1 is 1.48 bits per heavy atom. The molecule has 1 aromatic rings. The number of halogens is 2. The Balaban J connectivity index is 1.98. The summed E-state index contributed by atoms with van der Waals surface area (Å²) in [6, 6.07) is 3.12. The molecule has 6 heteroatoms. The molecule has 2 unspecified atom stereocenters. The van der Waals surface area contributed by atoms with Gasteiger partial charge in [-0.2, -0.15) is 0 Å². The molecule has 0 radical (unpaired) electrons. The molecule has 3 N–H and O–H groups in total. The normalized spacial score (nSPS) is 21.0. The van der Waals surface area contributed by atoms with Crippen LogP contribution in [-0.2, 0) is 4.79 Å². The maximum atomic E-state index is 13.5. The molecular formula is C15H21F2N3O. The lowest BCUT2D eigenvalue weighted by atomic mass is 9.97. The standard InChI is InChI=1S/C15H21F2N3O/c1-10(18)14-4-2-3-7-20(14)9-15(21)19-13-8-11(16)5-6-12(13)17/h5-6,8,10,14H,2-4,7,9,18H2,1H3,(H,19,21). The third kappa shape index (κ3) is 4.22. The lowest BCUT2D eigenvalue weighted by Gasteiger charge is -2.37. The molecule has 0 spiro atoms. The lowest BCUT2D eigenvalue weighted by Crippen LogP contribution is -2.51.